The van der Waals surface area contributed by atoms with E-state index >= 15 is 0 Å². The molecule has 7 nitrogen and oxygen atoms in total. The van der Waals surface area contributed by atoms with Crippen LogP contribution in [0.5, 0.6) is 0 Å². The van der Waals surface area contributed by atoms with Crippen molar-refractivity contribution in [3.63, 3.8) is 0 Å². The Balaban J connectivity index is 2.09. The molecule has 0 bridgehead atoms. The standard InChI is InChI=1S/C16H25N3O4/c1-2-3-5-14(16(22)23)18-8-4-9-19-13(11-18)10-12(17-19)6-7-15(20)21/h10,14H,2-9,11H2,1H3,(H,20,21)(H,22,23)/t14-/m0/s1. The van der Waals surface area contributed by atoms with Crippen LogP contribution in [0.15, 0.2) is 6.07 Å². The van der Waals surface area contributed by atoms with Crippen LogP contribution in [0.25, 0.3) is 0 Å². The van der Waals surface area contributed by atoms with Crippen molar-refractivity contribution >= 4 is 11.9 Å². The SMILES string of the molecule is CCCC[C@@H](C(=O)O)N1CCCn2nc(CCC(=O)O)cc2C1. The molecule has 0 aliphatic carbocycles. The number of hydrogen-bond acceptors (Lipinski definition) is 4. The average Bonchev–Trinajstić information content (AvgIpc) is 2.77. The number of aryl methyl sites for hydroxylation is 2. The number of carbonyl (C=O) groups is 2. The number of carboxylic acids is 2. The minimum atomic E-state index is -0.833. The molecule has 2 heterocycles. The van der Waals surface area contributed by atoms with Crippen LogP contribution in [0, 0.1) is 0 Å². The molecule has 2 N–H and O–H groups in total. The summed E-state index contributed by atoms with van der Waals surface area (Å²) in [7, 11) is 0. The first kappa shape index (κ1) is 17.5. The fourth-order valence-electron chi connectivity index (χ4n) is 3.03. The first-order valence-electron chi connectivity index (χ1n) is 8.25. The maximum absolute atomic E-state index is 11.6. The lowest BCUT2D eigenvalue weighted by Gasteiger charge is -2.26. The topological polar surface area (TPSA) is 95.7 Å². The lowest BCUT2D eigenvalue weighted by molar-refractivity contribution is -0.144. The molecule has 2 rings (SSSR count). The van der Waals surface area contributed by atoms with Crippen molar-refractivity contribution in [1.29, 1.82) is 0 Å². The molecular weight excluding hydrogens is 298 g/mol. The number of aromatic nitrogens is 2. The number of rotatable bonds is 8. The van der Waals surface area contributed by atoms with Gasteiger partial charge in [0, 0.05) is 26.1 Å². The molecule has 0 radical (unpaired) electrons. The molecular formula is C16H25N3O4. The van der Waals surface area contributed by atoms with Crippen molar-refractivity contribution in [2.24, 2.45) is 0 Å². The van der Waals surface area contributed by atoms with Crippen molar-refractivity contribution in [3.8, 4) is 0 Å². The smallest absolute Gasteiger partial charge is 0.320 e. The summed E-state index contributed by atoms with van der Waals surface area (Å²) in [5.74, 6) is -1.60. The third kappa shape index (κ3) is 4.79. The van der Waals surface area contributed by atoms with E-state index in [0.717, 1.165) is 43.7 Å². The summed E-state index contributed by atoms with van der Waals surface area (Å²) in [6.45, 7) is 4.11. The number of carboxylic acid groups (broad SMARTS) is 2. The molecule has 0 saturated carbocycles. The molecule has 1 atom stereocenters. The van der Waals surface area contributed by atoms with Gasteiger partial charge in [-0.2, -0.15) is 5.10 Å². The fraction of sp³-hybridized carbons (Fsp3) is 0.688. The van der Waals surface area contributed by atoms with Crippen LogP contribution < -0.4 is 0 Å². The highest BCUT2D eigenvalue weighted by Gasteiger charge is 2.27. The zero-order chi connectivity index (χ0) is 16.8. The van der Waals surface area contributed by atoms with Gasteiger partial charge in [-0.3, -0.25) is 19.2 Å². The zero-order valence-corrected chi connectivity index (χ0v) is 13.6. The van der Waals surface area contributed by atoms with E-state index < -0.39 is 18.0 Å². The van der Waals surface area contributed by atoms with Crippen LogP contribution in [0.4, 0.5) is 0 Å². The summed E-state index contributed by atoms with van der Waals surface area (Å²) in [5.41, 5.74) is 1.75. The van der Waals surface area contributed by atoms with Crippen molar-refractivity contribution in [1.82, 2.24) is 14.7 Å². The van der Waals surface area contributed by atoms with Crippen LogP contribution in [-0.4, -0.2) is 49.4 Å². The Hall–Kier alpha value is -1.89. The predicted octanol–water partition coefficient (Wildman–Crippen LogP) is 1.75. The van der Waals surface area contributed by atoms with Crippen LogP contribution >= 0.6 is 0 Å². The zero-order valence-electron chi connectivity index (χ0n) is 13.6. The number of aliphatic carboxylic acids is 2. The monoisotopic (exact) mass is 323 g/mol. The molecule has 128 valence electrons. The maximum atomic E-state index is 11.6. The Kier molecular flexibility index (Phi) is 6.15. The molecule has 7 heteroatoms. The van der Waals surface area contributed by atoms with E-state index in [1.165, 1.54) is 0 Å². The van der Waals surface area contributed by atoms with Crippen molar-refractivity contribution in [2.75, 3.05) is 6.54 Å². The van der Waals surface area contributed by atoms with Crippen molar-refractivity contribution in [3.05, 3.63) is 17.5 Å². The van der Waals surface area contributed by atoms with E-state index in [-0.39, 0.29) is 6.42 Å². The Morgan fingerprint density at radius 2 is 2.13 bits per heavy atom. The molecule has 0 spiro atoms. The van der Waals surface area contributed by atoms with Crippen molar-refractivity contribution in [2.45, 2.75) is 64.6 Å². The van der Waals surface area contributed by atoms with Gasteiger partial charge in [-0.05, 0) is 18.9 Å². The Morgan fingerprint density at radius 3 is 2.78 bits per heavy atom. The van der Waals surface area contributed by atoms with Crippen LogP contribution in [0.2, 0.25) is 0 Å². The quantitative estimate of drug-likeness (QED) is 0.756. The van der Waals surface area contributed by atoms with Crippen LogP contribution in [-0.2, 0) is 29.1 Å². The fourth-order valence-corrected chi connectivity index (χ4v) is 3.03. The van der Waals surface area contributed by atoms with Gasteiger partial charge in [0.1, 0.15) is 6.04 Å². The van der Waals surface area contributed by atoms with E-state index in [1.807, 2.05) is 15.6 Å². The van der Waals surface area contributed by atoms with Gasteiger partial charge in [-0.15, -0.1) is 0 Å². The Bertz CT molecular complexity index is 556. The van der Waals surface area contributed by atoms with Gasteiger partial charge >= 0.3 is 11.9 Å². The van der Waals surface area contributed by atoms with Gasteiger partial charge < -0.3 is 10.2 Å². The van der Waals surface area contributed by atoms with Gasteiger partial charge in [0.05, 0.1) is 17.8 Å². The van der Waals surface area contributed by atoms with E-state index in [1.54, 1.807) is 0 Å². The molecule has 0 unspecified atom stereocenters. The third-order valence-electron chi connectivity index (χ3n) is 4.25. The molecule has 1 aromatic heterocycles. The number of unbranched alkanes of at least 4 members (excludes halogenated alkanes) is 1. The molecule has 23 heavy (non-hydrogen) atoms. The van der Waals surface area contributed by atoms with Gasteiger partial charge in [-0.25, -0.2) is 0 Å². The van der Waals surface area contributed by atoms with E-state index in [0.29, 0.717) is 19.4 Å². The highest BCUT2D eigenvalue weighted by molar-refractivity contribution is 5.73. The third-order valence-corrected chi connectivity index (χ3v) is 4.25. The summed E-state index contributed by atoms with van der Waals surface area (Å²) in [4.78, 5) is 24.3. The molecule has 0 aromatic carbocycles. The summed E-state index contributed by atoms with van der Waals surface area (Å²) >= 11 is 0. The summed E-state index contributed by atoms with van der Waals surface area (Å²) in [5, 5.41) is 22.7. The molecule has 1 aliphatic heterocycles. The van der Waals surface area contributed by atoms with Gasteiger partial charge in [0.15, 0.2) is 0 Å². The van der Waals surface area contributed by atoms with E-state index in [2.05, 4.69) is 12.0 Å². The minimum absolute atomic E-state index is 0.0639. The summed E-state index contributed by atoms with van der Waals surface area (Å²) in [6, 6.07) is 1.46. The predicted molar refractivity (Wildman–Crippen MR) is 84.2 cm³/mol. The Labute approximate surface area is 135 Å². The second-order valence-corrected chi connectivity index (χ2v) is 6.06. The molecule has 0 saturated heterocycles. The van der Waals surface area contributed by atoms with Crippen LogP contribution in [0.3, 0.4) is 0 Å². The lowest BCUT2D eigenvalue weighted by atomic mass is 10.1. The van der Waals surface area contributed by atoms with Crippen LogP contribution in [0.1, 0.15) is 50.4 Å². The largest absolute Gasteiger partial charge is 0.481 e. The highest BCUT2D eigenvalue weighted by Crippen LogP contribution is 2.19. The summed E-state index contributed by atoms with van der Waals surface area (Å²) in [6.07, 6.45) is 3.86. The van der Waals surface area contributed by atoms with E-state index in [4.69, 9.17) is 5.11 Å². The van der Waals surface area contributed by atoms with Gasteiger partial charge in [0.2, 0.25) is 0 Å². The maximum Gasteiger partial charge on any atom is 0.320 e. The lowest BCUT2D eigenvalue weighted by Crippen LogP contribution is -2.40. The average molecular weight is 323 g/mol. The molecule has 1 aromatic rings. The molecule has 0 amide bonds. The Morgan fingerprint density at radius 1 is 1.35 bits per heavy atom. The first-order valence-corrected chi connectivity index (χ1v) is 8.25. The highest BCUT2D eigenvalue weighted by atomic mass is 16.4. The molecule has 1 aliphatic rings. The van der Waals surface area contributed by atoms with Gasteiger partial charge in [0.25, 0.3) is 0 Å². The number of nitrogens with zero attached hydrogens (tertiary/aromatic N) is 3. The number of fused-ring (bicyclic) bond motifs is 1. The second-order valence-electron chi connectivity index (χ2n) is 6.06. The normalized spacial score (nSPS) is 16.6. The second kappa shape index (κ2) is 8.10. The van der Waals surface area contributed by atoms with E-state index in [9.17, 15) is 14.7 Å². The minimum Gasteiger partial charge on any atom is -0.481 e. The molecule has 0 fully saturated rings. The number of hydrogen-bond donors (Lipinski definition) is 2. The first-order chi connectivity index (χ1) is 11.0. The van der Waals surface area contributed by atoms with Crippen molar-refractivity contribution < 1.29 is 19.8 Å². The summed E-state index contributed by atoms with van der Waals surface area (Å²) < 4.78 is 1.90. The van der Waals surface area contributed by atoms with Gasteiger partial charge in [-0.1, -0.05) is 19.8 Å².